The fraction of sp³-hybridized carbons (Fsp3) is 0.222. The lowest BCUT2D eigenvalue weighted by atomic mass is 9.78. The van der Waals surface area contributed by atoms with E-state index in [-0.39, 0.29) is 0 Å². The minimum Gasteiger partial charge on any atom is -0.129 e. The average molecular weight is 299 g/mol. The number of hydrogen-bond acceptors (Lipinski definition) is 1. The number of benzene rings is 1. The average Bonchev–Trinajstić information content (AvgIpc) is 2.99. The van der Waals surface area contributed by atoms with Gasteiger partial charge in [-0.25, -0.2) is 0 Å². The van der Waals surface area contributed by atoms with Crippen LogP contribution in [-0.4, -0.2) is 5.75 Å². The van der Waals surface area contributed by atoms with E-state index in [9.17, 15) is 0 Å². The van der Waals surface area contributed by atoms with Crippen LogP contribution in [0.3, 0.4) is 0 Å². The molecule has 1 unspecified atom stereocenters. The third-order valence-electron chi connectivity index (χ3n) is 4.34. The van der Waals surface area contributed by atoms with Crippen molar-refractivity contribution in [3.8, 4) is 0 Å². The zero-order chi connectivity index (χ0) is 13.7. The summed E-state index contributed by atoms with van der Waals surface area (Å²) in [7, 11) is 0. The van der Waals surface area contributed by atoms with E-state index >= 15 is 0 Å². The highest BCUT2D eigenvalue weighted by atomic mass is 35.5. The summed E-state index contributed by atoms with van der Waals surface area (Å²) in [5, 5.41) is 2.28. The molecular weight excluding hydrogens is 284 g/mol. The Balaban J connectivity index is 1.92. The molecule has 4 rings (SSSR count). The highest BCUT2D eigenvalue weighted by Gasteiger charge is 2.42. The van der Waals surface area contributed by atoms with Crippen LogP contribution >= 0.6 is 23.4 Å². The summed E-state index contributed by atoms with van der Waals surface area (Å²) >= 11 is 9.06. The molecule has 2 heteroatoms. The molecule has 0 amide bonds. The highest BCUT2D eigenvalue weighted by molar-refractivity contribution is 8.02. The van der Waals surface area contributed by atoms with E-state index in [1.165, 1.54) is 33.4 Å². The molecule has 0 spiro atoms. The number of fused-ring (bicyclic) bond motifs is 2. The van der Waals surface area contributed by atoms with Crippen LogP contribution in [0, 0.1) is 6.92 Å². The second-order valence-electron chi connectivity index (χ2n) is 5.57. The van der Waals surface area contributed by atoms with Gasteiger partial charge >= 0.3 is 0 Å². The number of rotatable bonds is 1. The van der Waals surface area contributed by atoms with Crippen molar-refractivity contribution in [2.75, 3.05) is 5.75 Å². The number of alkyl halides is 1. The Morgan fingerprint density at radius 1 is 1.25 bits per heavy atom. The molecule has 0 fully saturated rings. The fourth-order valence-electron chi connectivity index (χ4n) is 3.41. The van der Waals surface area contributed by atoms with Crippen LogP contribution in [-0.2, 0) is 4.87 Å². The molecule has 0 aromatic heterocycles. The van der Waals surface area contributed by atoms with Gasteiger partial charge in [0.2, 0.25) is 0 Å². The summed E-state index contributed by atoms with van der Waals surface area (Å²) in [6, 6.07) is 8.49. The molecule has 0 N–H and O–H groups in total. The van der Waals surface area contributed by atoms with E-state index in [1.807, 2.05) is 11.8 Å². The first-order chi connectivity index (χ1) is 9.70. The van der Waals surface area contributed by atoms with Crippen LogP contribution in [0.25, 0.3) is 0 Å². The van der Waals surface area contributed by atoms with Crippen LogP contribution in [0.4, 0.5) is 0 Å². The highest BCUT2D eigenvalue weighted by Crippen LogP contribution is 2.54. The van der Waals surface area contributed by atoms with Gasteiger partial charge in [0.05, 0.1) is 4.87 Å². The summed E-state index contributed by atoms with van der Waals surface area (Å²) in [4.78, 5) is -0.412. The second-order valence-corrected chi connectivity index (χ2v) is 7.07. The van der Waals surface area contributed by atoms with Gasteiger partial charge in [-0.2, -0.15) is 0 Å². The standard InChI is InChI=1S/C18H15ClS/c1-12-5-2-3-7-16(12)18(19)8-4-6-13-9-14-10-20-11-15(14)17(13)18/h2-7,9,11H,8,10H2,1H3. The molecule has 0 radical (unpaired) electrons. The number of thioether (sulfide) groups is 1. The summed E-state index contributed by atoms with van der Waals surface area (Å²) < 4.78 is 0. The van der Waals surface area contributed by atoms with E-state index in [0.717, 1.165) is 12.2 Å². The first-order valence-corrected chi connectivity index (χ1v) is 8.32. The van der Waals surface area contributed by atoms with Crippen molar-refractivity contribution >= 4 is 23.4 Å². The van der Waals surface area contributed by atoms with Crippen LogP contribution in [0.5, 0.6) is 0 Å². The predicted molar refractivity (Wildman–Crippen MR) is 88.1 cm³/mol. The fourth-order valence-corrected chi connectivity index (χ4v) is 4.86. The lowest BCUT2D eigenvalue weighted by Crippen LogP contribution is -2.25. The lowest BCUT2D eigenvalue weighted by molar-refractivity contribution is 0.715. The molecule has 1 aliphatic heterocycles. The Kier molecular flexibility index (Phi) is 2.77. The molecule has 20 heavy (non-hydrogen) atoms. The molecule has 0 saturated heterocycles. The third-order valence-corrected chi connectivity index (χ3v) is 5.77. The molecule has 0 nitrogen and oxygen atoms in total. The molecule has 1 aromatic rings. The van der Waals surface area contributed by atoms with Gasteiger partial charge in [-0.1, -0.05) is 36.4 Å². The Labute approximate surface area is 128 Å². The van der Waals surface area contributed by atoms with E-state index in [1.54, 1.807) is 0 Å². The molecule has 2 aliphatic carbocycles. The summed E-state index contributed by atoms with van der Waals surface area (Å²) in [5.74, 6) is 1.08. The van der Waals surface area contributed by atoms with E-state index in [4.69, 9.17) is 11.6 Å². The molecule has 1 atom stereocenters. The van der Waals surface area contributed by atoms with Gasteiger partial charge in [0.15, 0.2) is 0 Å². The van der Waals surface area contributed by atoms with Gasteiger partial charge in [0, 0.05) is 5.75 Å². The predicted octanol–water partition coefficient (Wildman–Crippen LogP) is 5.26. The number of aryl methyl sites for hydroxylation is 1. The van der Waals surface area contributed by atoms with Gasteiger partial charge in [-0.05, 0) is 58.2 Å². The van der Waals surface area contributed by atoms with E-state index in [0.29, 0.717) is 0 Å². The van der Waals surface area contributed by atoms with E-state index < -0.39 is 4.87 Å². The smallest absolute Gasteiger partial charge is 0.0992 e. The Bertz CT molecular complexity index is 721. The third kappa shape index (κ3) is 1.63. The van der Waals surface area contributed by atoms with Gasteiger partial charge in [-0.15, -0.1) is 23.4 Å². The van der Waals surface area contributed by atoms with Crippen molar-refractivity contribution < 1.29 is 0 Å². The number of hydrogen-bond donors (Lipinski definition) is 0. The molecule has 3 aliphatic rings. The maximum absolute atomic E-state index is 7.18. The first kappa shape index (κ1) is 12.6. The summed E-state index contributed by atoms with van der Waals surface area (Å²) in [5.41, 5.74) is 7.93. The van der Waals surface area contributed by atoms with Crippen molar-refractivity contribution in [2.24, 2.45) is 0 Å². The van der Waals surface area contributed by atoms with Gasteiger partial charge in [0.25, 0.3) is 0 Å². The normalized spacial score (nSPS) is 27.3. The number of halogens is 1. The Morgan fingerprint density at radius 3 is 2.95 bits per heavy atom. The van der Waals surface area contributed by atoms with Crippen LogP contribution < -0.4 is 0 Å². The zero-order valence-electron chi connectivity index (χ0n) is 11.3. The largest absolute Gasteiger partial charge is 0.129 e. The number of allylic oxidation sites excluding steroid dienone is 6. The van der Waals surface area contributed by atoms with Crippen LogP contribution in [0.1, 0.15) is 17.5 Å². The Hall–Kier alpha value is -1.18. The summed E-state index contributed by atoms with van der Waals surface area (Å²) in [6.07, 6.45) is 7.61. The molecule has 100 valence electrons. The minimum absolute atomic E-state index is 0.412. The van der Waals surface area contributed by atoms with Crippen molar-refractivity contribution in [2.45, 2.75) is 18.2 Å². The van der Waals surface area contributed by atoms with Crippen molar-refractivity contribution in [3.63, 3.8) is 0 Å². The SMILES string of the molecule is Cc1ccccc1C1(Cl)CC=CC2=C1C1=CSCC1=C2. The summed E-state index contributed by atoms with van der Waals surface area (Å²) in [6.45, 7) is 2.15. The monoisotopic (exact) mass is 298 g/mol. The van der Waals surface area contributed by atoms with Crippen molar-refractivity contribution in [1.29, 1.82) is 0 Å². The van der Waals surface area contributed by atoms with Crippen molar-refractivity contribution in [3.05, 3.63) is 81.3 Å². The zero-order valence-corrected chi connectivity index (χ0v) is 12.9. The first-order valence-electron chi connectivity index (χ1n) is 6.89. The maximum atomic E-state index is 7.18. The van der Waals surface area contributed by atoms with Gasteiger partial charge in [0.1, 0.15) is 0 Å². The topological polar surface area (TPSA) is 0 Å². The molecule has 1 heterocycles. The molecule has 0 bridgehead atoms. The quantitative estimate of drug-likeness (QED) is 0.638. The van der Waals surface area contributed by atoms with Crippen molar-refractivity contribution in [1.82, 2.24) is 0 Å². The molecular formula is C18H15ClS. The van der Waals surface area contributed by atoms with Gasteiger partial charge < -0.3 is 0 Å². The maximum Gasteiger partial charge on any atom is 0.0992 e. The lowest BCUT2D eigenvalue weighted by Gasteiger charge is -2.33. The van der Waals surface area contributed by atoms with Gasteiger partial charge in [-0.3, -0.25) is 0 Å². The minimum atomic E-state index is -0.412. The molecule has 1 aromatic carbocycles. The Morgan fingerprint density at radius 2 is 2.10 bits per heavy atom. The molecule has 0 saturated carbocycles. The van der Waals surface area contributed by atoms with Crippen LogP contribution in [0.2, 0.25) is 0 Å². The second kappa shape index (κ2) is 4.41. The van der Waals surface area contributed by atoms with Crippen LogP contribution in [0.15, 0.2) is 70.2 Å². The van der Waals surface area contributed by atoms with E-state index in [2.05, 4.69) is 54.8 Å².